The summed E-state index contributed by atoms with van der Waals surface area (Å²) in [5.74, 6) is -0.00479. The van der Waals surface area contributed by atoms with Crippen LogP contribution in [0.5, 0.6) is 0 Å². The maximum Gasteiger partial charge on any atom is 0.433 e. The van der Waals surface area contributed by atoms with Crippen LogP contribution in [-0.2, 0) is 6.18 Å². The Labute approximate surface area is 79.4 Å². The summed E-state index contributed by atoms with van der Waals surface area (Å²) in [7, 11) is 0. The first-order valence-electron chi connectivity index (χ1n) is 4.06. The van der Waals surface area contributed by atoms with Crippen molar-refractivity contribution in [2.75, 3.05) is 5.32 Å². The highest BCUT2D eigenvalue weighted by atomic mass is 19.4. The third-order valence-corrected chi connectivity index (χ3v) is 1.36. The molecule has 0 saturated heterocycles. The van der Waals surface area contributed by atoms with Gasteiger partial charge in [0, 0.05) is 12.2 Å². The van der Waals surface area contributed by atoms with E-state index < -0.39 is 11.9 Å². The normalized spacial score (nSPS) is 11.9. The zero-order chi connectivity index (χ0) is 10.8. The van der Waals surface area contributed by atoms with Crippen LogP contribution in [0.15, 0.2) is 12.3 Å². The topological polar surface area (TPSA) is 37.8 Å². The van der Waals surface area contributed by atoms with Crippen molar-refractivity contribution in [3.8, 4) is 0 Å². The number of halogens is 3. The van der Waals surface area contributed by atoms with Crippen molar-refractivity contribution in [1.29, 1.82) is 0 Å². The first-order chi connectivity index (χ1) is 6.39. The van der Waals surface area contributed by atoms with E-state index in [1.54, 1.807) is 13.8 Å². The summed E-state index contributed by atoms with van der Waals surface area (Å²) in [5.41, 5.74) is -0.935. The van der Waals surface area contributed by atoms with E-state index in [2.05, 4.69) is 15.3 Å². The van der Waals surface area contributed by atoms with Crippen LogP contribution in [-0.4, -0.2) is 16.0 Å². The lowest BCUT2D eigenvalue weighted by Crippen LogP contribution is -2.15. The van der Waals surface area contributed by atoms with Crippen molar-refractivity contribution in [2.24, 2.45) is 0 Å². The van der Waals surface area contributed by atoms with E-state index in [4.69, 9.17) is 0 Å². The molecule has 0 aliphatic heterocycles. The van der Waals surface area contributed by atoms with Crippen LogP contribution in [0.3, 0.4) is 0 Å². The van der Waals surface area contributed by atoms with Gasteiger partial charge in [-0.1, -0.05) is 0 Å². The molecule has 3 nitrogen and oxygen atoms in total. The lowest BCUT2D eigenvalue weighted by Gasteiger charge is -2.10. The molecule has 0 saturated carbocycles. The second kappa shape index (κ2) is 3.81. The quantitative estimate of drug-likeness (QED) is 0.805. The number of nitrogens with one attached hydrogen (secondary N) is 1. The maximum absolute atomic E-state index is 12.2. The molecule has 78 valence electrons. The van der Waals surface area contributed by atoms with Gasteiger partial charge in [-0.05, 0) is 19.9 Å². The third-order valence-electron chi connectivity index (χ3n) is 1.36. The highest BCUT2D eigenvalue weighted by molar-refractivity contribution is 5.26. The Morgan fingerprint density at radius 1 is 1.36 bits per heavy atom. The van der Waals surface area contributed by atoms with Crippen LogP contribution in [0, 0.1) is 0 Å². The molecule has 1 N–H and O–H groups in total. The summed E-state index contributed by atoms with van der Waals surface area (Å²) in [6, 6.07) is 0.837. The fourth-order valence-electron chi connectivity index (χ4n) is 0.844. The molecule has 0 aliphatic carbocycles. The second-order valence-corrected chi connectivity index (χ2v) is 3.06. The van der Waals surface area contributed by atoms with Gasteiger partial charge in [0.2, 0.25) is 5.95 Å². The summed E-state index contributed by atoms with van der Waals surface area (Å²) in [6.07, 6.45) is -3.34. The number of rotatable bonds is 2. The molecule has 0 amide bonds. The predicted molar refractivity (Wildman–Crippen MR) is 45.8 cm³/mol. The van der Waals surface area contributed by atoms with Crippen LogP contribution < -0.4 is 5.32 Å². The van der Waals surface area contributed by atoms with Gasteiger partial charge in [0.15, 0.2) is 0 Å². The van der Waals surface area contributed by atoms with Gasteiger partial charge >= 0.3 is 6.18 Å². The number of aromatic nitrogens is 2. The lowest BCUT2D eigenvalue weighted by atomic mass is 10.4. The van der Waals surface area contributed by atoms with Gasteiger partial charge in [-0.15, -0.1) is 0 Å². The second-order valence-electron chi connectivity index (χ2n) is 3.06. The van der Waals surface area contributed by atoms with E-state index in [1.807, 2.05) is 0 Å². The Hall–Kier alpha value is -1.33. The standard InChI is InChI=1S/C8H10F3N3/c1-5(2)13-7-12-4-3-6(14-7)8(9,10)11/h3-5H,1-2H3,(H,12,13,14). The van der Waals surface area contributed by atoms with Gasteiger partial charge in [0.25, 0.3) is 0 Å². The maximum atomic E-state index is 12.2. The Morgan fingerprint density at radius 3 is 2.50 bits per heavy atom. The summed E-state index contributed by atoms with van der Waals surface area (Å²) < 4.78 is 36.6. The molecule has 0 aromatic carbocycles. The van der Waals surface area contributed by atoms with Crippen molar-refractivity contribution in [3.63, 3.8) is 0 Å². The number of hydrogen-bond donors (Lipinski definition) is 1. The minimum atomic E-state index is -4.42. The largest absolute Gasteiger partial charge is 0.433 e. The Kier molecular flexibility index (Phi) is 2.93. The molecule has 0 aliphatic rings. The first kappa shape index (κ1) is 10.7. The van der Waals surface area contributed by atoms with E-state index in [-0.39, 0.29) is 12.0 Å². The fourth-order valence-corrected chi connectivity index (χ4v) is 0.844. The van der Waals surface area contributed by atoms with Gasteiger partial charge in [-0.25, -0.2) is 9.97 Å². The summed E-state index contributed by atoms with van der Waals surface area (Å²) in [5, 5.41) is 2.70. The zero-order valence-electron chi connectivity index (χ0n) is 7.76. The highest BCUT2D eigenvalue weighted by Gasteiger charge is 2.32. The SMILES string of the molecule is CC(C)Nc1nccc(C(F)(F)F)n1. The van der Waals surface area contributed by atoms with Crippen molar-refractivity contribution in [3.05, 3.63) is 18.0 Å². The molecule has 0 atom stereocenters. The van der Waals surface area contributed by atoms with Crippen LogP contribution >= 0.6 is 0 Å². The molecule has 1 aromatic heterocycles. The number of hydrogen-bond acceptors (Lipinski definition) is 3. The lowest BCUT2D eigenvalue weighted by molar-refractivity contribution is -0.141. The van der Waals surface area contributed by atoms with E-state index in [9.17, 15) is 13.2 Å². The molecule has 0 spiro atoms. The van der Waals surface area contributed by atoms with Gasteiger partial charge in [0.1, 0.15) is 5.69 Å². The molecular weight excluding hydrogens is 195 g/mol. The van der Waals surface area contributed by atoms with Crippen LogP contribution in [0.2, 0.25) is 0 Å². The van der Waals surface area contributed by atoms with Crippen LogP contribution in [0.25, 0.3) is 0 Å². The van der Waals surface area contributed by atoms with E-state index in [0.29, 0.717) is 0 Å². The van der Waals surface area contributed by atoms with E-state index in [1.165, 1.54) is 0 Å². The monoisotopic (exact) mass is 205 g/mol. The highest BCUT2D eigenvalue weighted by Crippen LogP contribution is 2.27. The summed E-state index contributed by atoms with van der Waals surface area (Å²) in [6.45, 7) is 3.59. The van der Waals surface area contributed by atoms with Gasteiger partial charge in [0.05, 0.1) is 0 Å². The van der Waals surface area contributed by atoms with E-state index >= 15 is 0 Å². The molecule has 14 heavy (non-hydrogen) atoms. The molecular formula is C8H10F3N3. The third kappa shape index (κ3) is 2.86. The number of nitrogens with zero attached hydrogens (tertiary/aromatic N) is 2. The molecule has 1 aromatic rings. The zero-order valence-corrected chi connectivity index (χ0v) is 7.76. The molecule has 1 rings (SSSR count). The summed E-state index contributed by atoms with van der Waals surface area (Å²) >= 11 is 0. The van der Waals surface area contributed by atoms with Crippen molar-refractivity contribution >= 4 is 5.95 Å². The predicted octanol–water partition coefficient (Wildman–Crippen LogP) is 2.32. The van der Waals surface area contributed by atoms with Crippen LogP contribution in [0.4, 0.5) is 19.1 Å². The van der Waals surface area contributed by atoms with Crippen molar-refractivity contribution in [1.82, 2.24) is 9.97 Å². The van der Waals surface area contributed by atoms with Crippen molar-refractivity contribution in [2.45, 2.75) is 26.1 Å². The molecule has 1 heterocycles. The number of alkyl halides is 3. The first-order valence-corrected chi connectivity index (χ1v) is 4.06. The van der Waals surface area contributed by atoms with Crippen LogP contribution in [0.1, 0.15) is 19.5 Å². The summed E-state index contributed by atoms with van der Waals surface area (Å²) in [4.78, 5) is 7.01. The van der Waals surface area contributed by atoms with Gasteiger partial charge in [-0.3, -0.25) is 0 Å². The molecule has 0 fully saturated rings. The molecule has 0 unspecified atom stereocenters. The average Bonchev–Trinajstić information content (AvgIpc) is 2.01. The van der Waals surface area contributed by atoms with Crippen molar-refractivity contribution < 1.29 is 13.2 Å². The smallest absolute Gasteiger partial charge is 0.352 e. The van der Waals surface area contributed by atoms with Gasteiger partial charge < -0.3 is 5.32 Å². The Balaban J connectivity index is 2.90. The molecule has 0 radical (unpaired) electrons. The fraction of sp³-hybridized carbons (Fsp3) is 0.500. The minimum Gasteiger partial charge on any atom is -0.352 e. The minimum absolute atomic E-state index is 0.00140. The Bertz CT molecular complexity index is 309. The average molecular weight is 205 g/mol. The Morgan fingerprint density at radius 2 is 2.00 bits per heavy atom. The molecule has 0 bridgehead atoms. The molecule has 6 heteroatoms. The van der Waals surface area contributed by atoms with Gasteiger partial charge in [-0.2, -0.15) is 13.2 Å². The number of anilines is 1. The van der Waals surface area contributed by atoms with E-state index in [0.717, 1.165) is 12.3 Å².